The van der Waals surface area contributed by atoms with Gasteiger partial charge in [0.25, 0.3) is 0 Å². The van der Waals surface area contributed by atoms with Crippen LogP contribution >= 0.6 is 0 Å². The van der Waals surface area contributed by atoms with Gasteiger partial charge >= 0.3 is 0 Å². The van der Waals surface area contributed by atoms with Crippen molar-refractivity contribution in [1.29, 1.82) is 0 Å². The molecule has 0 aliphatic heterocycles. The minimum absolute atomic E-state index is 0.856. The van der Waals surface area contributed by atoms with Crippen LogP contribution in [0.2, 0.25) is 0 Å². The Balaban J connectivity index is 1.07. The molecule has 2 nitrogen and oxygen atoms in total. The van der Waals surface area contributed by atoms with Crippen LogP contribution in [0.1, 0.15) is 0 Å². The minimum atomic E-state index is 0.856. The van der Waals surface area contributed by atoms with Gasteiger partial charge in [0, 0.05) is 33.8 Å². The molecule has 1 heterocycles. The Kier molecular flexibility index (Phi) is 9.57. The molecule has 0 radical (unpaired) electrons. The minimum Gasteiger partial charge on any atom is -0.456 e. The van der Waals surface area contributed by atoms with E-state index in [-0.39, 0.29) is 0 Å². The van der Waals surface area contributed by atoms with Crippen molar-refractivity contribution in [1.82, 2.24) is 0 Å². The first kappa shape index (κ1) is 36.8. The molecule has 0 saturated heterocycles. The normalized spacial score (nSPS) is 11.2. The van der Waals surface area contributed by atoms with E-state index in [0.29, 0.717) is 0 Å². The van der Waals surface area contributed by atoms with Crippen LogP contribution in [0.4, 0.5) is 17.1 Å². The highest BCUT2D eigenvalue weighted by Crippen LogP contribution is 2.46. The standard InChI is InChI=1S/C60H41NO/c1-4-17-42(18-5-1)43-31-33-46(34-32-43)51-24-12-14-29-57(51)61(49-39-40-55-54-25-13-15-30-58(54)62-59(55)41-49)48-37-35-47(36-38-48)53-28-16-27-52(45-21-8-3-9-22-45)60(53)56-26-11-10-23-50(56)44-19-6-2-7-20-44/h1-41H. The molecule has 10 aromatic carbocycles. The highest BCUT2D eigenvalue weighted by atomic mass is 16.3. The van der Waals surface area contributed by atoms with Gasteiger partial charge in [0.2, 0.25) is 0 Å². The van der Waals surface area contributed by atoms with E-state index in [1.807, 2.05) is 12.1 Å². The summed E-state index contributed by atoms with van der Waals surface area (Å²) in [5, 5.41) is 2.22. The molecule has 1 aromatic heterocycles. The zero-order valence-electron chi connectivity index (χ0n) is 34.0. The average molecular weight is 792 g/mol. The van der Waals surface area contributed by atoms with Crippen molar-refractivity contribution in [3.63, 3.8) is 0 Å². The molecule has 0 amide bonds. The van der Waals surface area contributed by atoms with Gasteiger partial charge < -0.3 is 9.32 Å². The summed E-state index contributed by atoms with van der Waals surface area (Å²) in [4.78, 5) is 2.36. The molecule has 0 aliphatic carbocycles. The summed E-state index contributed by atoms with van der Waals surface area (Å²) in [7, 11) is 0. The van der Waals surface area contributed by atoms with Crippen LogP contribution in [0.25, 0.3) is 88.7 Å². The fourth-order valence-corrected chi connectivity index (χ4v) is 8.97. The zero-order valence-corrected chi connectivity index (χ0v) is 34.0. The van der Waals surface area contributed by atoms with Crippen LogP contribution < -0.4 is 4.90 Å². The van der Waals surface area contributed by atoms with Crippen molar-refractivity contribution in [2.45, 2.75) is 0 Å². The highest BCUT2D eigenvalue weighted by molar-refractivity contribution is 6.06. The molecule has 0 fully saturated rings. The molecule has 0 N–H and O–H groups in total. The Morgan fingerprint density at radius 1 is 0.258 bits per heavy atom. The third-order valence-corrected chi connectivity index (χ3v) is 11.9. The maximum atomic E-state index is 6.48. The van der Waals surface area contributed by atoms with Gasteiger partial charge in [0.05, 0.1) is 5.69 Å². The van der Waals surface area contributed by atoms with Crippen molar-refractivity contribution >= 4 is 39.0 Å². The number of anilines is 3. The molecule has 2 heteroatoms. The lowest BCUT2D eigenvalue weighted by molar-refractivity contribution is 0.669. The number of para-hydroxylation sites is 2. The molecule has 0 aliphatic rings. The van der Waals surface area contributed by atoms with E-state index in [4.69, 9.17) is 4.42 Å². The maximum absolute atomic E-state index is 6.48. The molecule has 11 rings (SSSR count). The topological polar surface area (TPSA) is 16.4 Å². The molecule has 0 atom stereocenters. The van der Waals surface area contributed by atoms with Crippen molar-refractivity contribution in [3.8, 4) is 66.8 Å². The van der Waals surface area contributed by atoms with E-state index < -0.39 is 0 Å². The fourth-order valence-electron chi connectivity index (χ4n) is 8.97. The summed E-state index contributed by atoms with van der Waals surface area (Å²) >= 11 is 0. The second kappa shape index (κ2) is 16.1. The second-order valence-electron chi connectivity index (χ2n) is 15.6. The van der Waals surface area contributed by atoms with Gasteiger partial charge in [0.15, 0.2) is 0 Å². The Morgan fingerprint density at radius 2 is 0.694 bits per heavy atom. The van der Waals surface area contributed by atoms with Crippen molar-refractivity contribution in [3.05, 3.63) is 249 Å². The van der Waals surface area contributed by atoms with Gasteiger partial charge in [-0.05, 0) is 97.6 Å². The Hall–Kier alpha value is -8.20. The number of hydrogen-bond acceptors (Lipinski definition) is 2. The van der Waals surface area contributed by atoms with Crippen molar-refractivity contribution in [2.75, 3.05) is 4.90 Å². The summed E-state index contributed by atoms with van der Waals surface area (Å²) in [5.74, 6) is 0. The zero-order chi connectivity index (χ0) is 41.2. The first-order valence-electron chi connectivity index (χ1n) is 21.2. The summed E-state index contributed by atoms with van der Waals surface area (Å²) in [5.41, 5.74) is 19.1. The van der Waals surface area contributed by atoms with Crippen LogP contribution in [-0.4, -0.2) is 0 Å². The third-order valence-electron chi connectivity index (χ3n) is 11.9. The first-order chi connectivity index (χ1) is 30.8. The second-order valence-corrected chi connectivity index (χ2v) is 15.6. The van der Waals surface area contributed by atoms with Gasteiger partial charge in [-0.15, -0.1) is 0 Å². The summed E-state index contributed by atoms with van der Waals surface area (Å²) in [6.45, 7) is 0. The van der Waals surface area contributed by atoms with E-state index >= 15 is 0 Å². The van der Waals surface area contributed by atoms with Gasteiger partial charge in [-0.1, -0.05) is 206 Å². The Morgan fingerprint density at radius 3 is 1.39 bits per heavy atom. The molecule has 0 saturated carbocycles. The lowest BCUT2D eigenvalue weighted by atomic mass is 9.84. The van der Waals surface area contributed by atoms with Crippen molar-refractivity contribution in [2.24, 2.45) is 0 Å². The first-order valence-corrected chi connectivity index (χ1v) is 21.2. The van der Waals surface area contributed by atoms with Crippen LogP contribution in [0.15, 0.2) is 253 Å². The quantitative estimate of drug-likeness (QED) is 0.145. The van der Waals surface area contributed by atoms with Crippen LogP contribution in [0.5, 0.6) is 0 Å². The number of hydrogen-bond donors (Lipinski definition) is 0. The SMILES string of the molecule is c1ccc(-c2ccc(-c3ccccc3N(c3ccc(-c4cccc(-c5ccccc5)c4-c4ccccc4-c4ccccc4)cc3)c3ccc4c(c3)oc3ccccc34)cc2)cc1. The Labute approximate surface area is 362 Å². The Bertz CT molecular complexity index is 3310. The lowest BCUT2D eigenvalue weighted by Crippen LogP contribution is -2.11. The highest BCUT2D eigenvalue weighted by Gasteiger charge is 2.21. The predicted octanol–water partition coefficient (Wildman–Crippen LogP) is 17.1. The van der Waals surface area contributed by atoms with E-state index in [2.05, 4.69) is 241 Å². The molecule has 11 aromatic rings. The van der Waals surface area contributed by atoms with Crippen molar-refractivity contribution < 1.29 is 4.42 Å². The van der Waals surface area contributed by atoms with E-state index in [1.165, 1.54) is 50.1 Å². The van der Waals surface area contributed by atoms with E-state index in [0.717, 1.165) is 55.7 Å². The van der Waals surface area contributed by atoms with Gasteiger partial charge in [-0.3, -0.25) is 0 Å². The number of nitrogens with zero attached hydrogens (tertiary/aromatic N) is 1. The molecule has 0 unspecified atom stereocenters. The molecule has 62 heavy (non-hydrogen) atoms. The van der Waals surface area contributed by atoms with Gasteiger partial charge in [0.1, 0.15) is 11.2 Å². The number of furan rings is 1. The van der Waals surface area contributed by atoms with Crippen LogP contribution in [0, 0.1) is 0 Å². The van der Waals surface area contributed by atoms with E-state index in [9.17, 15) is 0 Å². The smallest absolute Gasteiger partial charge is 0.137 e. The summed E-state index contributed by atoms with van der Waals surface area (Å²) in [6.07, 6.45) is 0. The largest absolute Gasteiger partial charge is 0.456 e. The molecule has 292 valence electrons. The number of rotatable bonds is 9. The lowest BCUT2D eigenvalue weighted by Gasteiger charge is -2.28. The third kappa shape index (κ3) is 6.84. The van der Waals surface area contributed by atoms with Crippen LogP contribution in [0.3, 0.4) is 0 Å². The monoisotopic (exact) mass is 791 g/mol. The number of benzene rings is 10. The molecule has 0 bridgehead atoms. The van der Waals surface area contributed by atoms with Gasteiger partial charge in [-0.2, -0.15) is 0 Å². The average Bonchev–Trinajstić information content (AvgIpc) is 3.73. The maximum Gasteiger partial charge on any atom is 0.137 e. The van der Waals surface area contributed by atoms with Crippen LogP contribution in [-0.2, 0) is 0 Å². The predicted molar refractivity (Wildman–Crippen MR) is 261 cm³/mol. The fraction of sp³-hybridized carbons (Fsp3) is 0. The molecular formula is C60H41NO. The molecular weight excluding hydrogens is 751 g/mol. The van der Waals surface area contributed by atoms with Gasteiger partial charge in [-0.25, -0.2) is 0 Å². The molecule has 0 spiro atoms. The number of fused-ring (bicyclic) bond motifs is 3. The summed E-state index contributed by atoms with van der Waals surface area (Å²) in [6, 6.07) is 89.0. The summed E-state index contributed by atoms with van der Waals surface area (Å²) < 4.78 is 6.48. The van der Waals surface area contributed by atoms with E-state index in [1.54, 1.807) is 0 Å².